The van der Waals surface area contributed by atoms with Crippen LogP contribution in [-0.2, 0) is 20.7 Å². The second kappa shape index (κ2) is 9.83. The van der Waals surface area contributed by atoms with Crippen molar-refractivity contribution in [1.29, 1.82) is 0 Å². The number of carbonyl (C=O) groups is 1. The van der Waals surface area contributed by atoms with Crippen molar-refractivity contribution in [2.45, 2.75) is 33.4 Å². The van der Waals surface area contributed by atoms with Gasteiger partial charge < -0.3 is 9.26 Å². The van der Waals surface area contributed by atoms with Gasteiger partial charge in [-0.1, -0.05) is 37.3 Å². The molecule has 5 nitrogen and oxygen atoms in total. The second-order valence-corrected chi connectivity index (χ2v) is 5.59. The predicted molar refractivity (Wildman–Crippen MR) is 81.1 cm³/mol. The Bertz CT molecular complexity index is 389. The number of nitrogens with one attached hydrogen (secondary N) is 2. The molecule has 1 aromatic carbocycles. The molecule has 0 heterocycles. The lowest BCUT2D eigenvalue weighted by Crippen LogP contribution is -2.35. The Hall–Kier alpha value is -1.00. The van der Waals surface area contributed by atoms with E-state index in [1.807, 2.05) is 37.3 Å². The number of rotatable bonds is 9. The Morgan fingerprint density at radius 1 is 1.30 bits per heavy atom. The third-order valence-electron chi connectivity index (χ3n) is 2.46. The minimum Gasteiger partial charge on any atom is -0.465 e. The van der Waals surface area contributed by atoms with Gasteiger partial charge >= 0.3 is 5.97 Å². The molecule has 2 unspecified atom stereocenters. The van der Waals surface area contributed by atoms with Gasteiger partial charge in [0.1, 0.15) is 6.04 Å². The highest BCUT2D eigenvalue weighted by Crippen LogP contribution is 2.29. The minimum absolute atomic E-state index is 0.263. The van der Waals surface area contributed by atoms with Gasteiger partial charge in [0.2, 0.25) is 0 Å². The number of esters is 1. The molecule has 0 saturated heterocycles. The summed E-state index contributed by atoms with van der Waals surface area (Å²) in [5.74, 6) is -0.263. The number of benzene rings is 1. The molecule has 0 bridgehead atoms. The summed E-state index contributed by atoms with van der Waals surface area (Å²) in [6.45, 7) is 7.22. The molecule has 1 rings (SSSR count). The summed E-state index contributed by atoms with van der Waals surface area (Å²) >= 11 is 0. The second-order valence-electron chi connectivity index (χ2n) is 4.17. The van der Waals surface area contributed by atoms with Crippen LogP contribution in [-0.4, -0.2) is 25.2 Å². The van der Waals surface area contributed by atoms with Crippen molar-refractivity contribution in [2.75, 3.05) is 13.2 Å². The van der Waals surface area contributed by atoms with Crippen LogP contribution in [0.5, 0.6) is 0 Å². The molecule has 0 aliphatic heterocycles. The van der Waals surface area contributed by atoms with Crippen LogP contribution in [0.3, 0.4) is 0 Å². The monoisotopic (exact) mass is 298 g/mol. The van der Waals surface area contributed by atoms with Gasteiger partial charge in [0.15, 0.2) is 8.45 Å². The van der Waals surface area contributed by atoms with Gasteiger partial charge in [-0.15, -0.1) is 0 Å². The Labute approximate surface area is 122 Å². The van der Waals surface area contributed by atoms with E-state index < -0.39 is 14.5 Å². The maximum absolute atomic E-state index is 11.6. The van der Waals surface area contributed by atoms with Crippen LogP contribution in [0.4, 0.5) is 0 Å². The molecular weight excluding hydrogens is 275 g/mol. The first-order chi connectivity index (χ1) is 9.67. The van der Waals surface area contributed by atoms with E-state index in [4.69, 9.17) is 9.26 Å². The van der Waals surface area contributed by atoms with Crippen molar-refractivity contribution in [3.05, 3.63) is 35.9 Å². The fraction of sp³-hybridized carbons (Fsp3) is 0.500. The number of hydrogen-bond donors (Lipinski definition) is 2. The summed E-state index contributed by atoms with van der Waals surface area (Å²) in [5, 5.41) is 6.33. The quantitative estimate of drug-likeness (QED) is 0.542. The van der Waals surface area contributed by atoms with Gasteiger partial charge in [-0.2, -0.15) is 0 Å². The van der Waals surface area contributed by atoms with Crippen LogP contribution >= 0.6 is 8.45 Å². The van der Waals surface area contributed by atoms with Gasteiger partial charge in [-0.25, -0.2) is 5.09 Å². The lowest BCUT2D eigenvalue weighted by atomic mass is 10.2. The van der Waals surface area contributed by atoms with E-state index in [1.54, 1.807) is 13.8 Å². The first-order valence-electron chi connectivity index (χ1n) is 6.80. The first kappa shape index (κ1) is 17.1. The standard InChI is InChI=1S/C14H23N2O3P/c1-4-15-20(16-12(3)14(17)18-5-2)19-11-13-9-7-6-8-10-13/h6-10,12,15-16H,4-5,11H2,1-3H3. The van der Waals surface area contributed by atoms with E-state index in [-0.39, 0.29) is 5.97 Å². The van der Waals surface area contributed by atoms with E-state index in [2.05, 4.69) is 10.2 Å². The zero-order valence-corrected chi connectivity index (χ0v) is 13.2. The molecule has 0 saturated carbocycles. The highest BCUT2D eigenvalue weighted by atomic mass is 31.2. The van der Waals surface area contributed by atoms with Crippen LogP contribution in [0.1, 0.15) is 26.3 Å². The van der Waals surface area contributed by atoms with E-state index in [0.717, 1.165) is 12.1 Å². The molecule has 1 aromatic rings. The van der Waals surface area contributed by atoms with Gasteiger partial charge in [0, 0.05) is 0 Å². The van der Waals surface area contributed by atoms with Crippen molar-refractivity contribution < 1.29 is 14.1 Å². The normalized spacial score (nSPS) is 13.8. The topological polar surface area (TPSA) is 59.6 Å². The number of carbonyl (C=O) groups excluding carboxylic acids is 1. The lowest BCUT2D eigenvalue weighted by molar-refractivity contribution is -0.144. The molecule has 0 aliphatic carbocycles. The maximum Gasteiger partial charge on any atom is 0.323 e. The number of hydrogen-bond acceptors (Lipinski definition) is 5. The van der Waals surface area contributed by atoms with Gasteiger partial charge in [0.25, 0.3) is 0 Å². The lowest BCUT2D eigenvalue weighted by Gasteiger charge is -2.22. The molecule has 0 radical (unpaired) electrons. The molecule has 0 aliphatic rings. The Kier molecular flexibility index (Phi) is 8.38. The molecule has 20 heavy (non-hydrogen) atoms. The Morgan fingerprint density at radius 3 is 2.60 bits per heavy atom. The molecule has 0 fully saturated rings. The summed E-state index contributed by atoms with van der Waals surface area (Å²) < 4.78 is 10.8. The zero-order valence-electron chi connectivity index (χ0n) is 12.3. The summed E-state index contributed by atoms with van der Waals surface area (Å²) in [4.78, 5) is 11.6. The van der Waals surface area contributed by atoms with Crippen molar-refractivity contribution in [2.24, 2.45) is 0 Å². The van der Waals surface area contributed by atoms with E-state index in [9.17, 15) is 4.79 Å². The first-order valence-corrected chi connectivity index (χ1v) is 8.06. The molecule has 2 atom stereocenters. The van der Waals surface area contributed by atoms with Crippen molar-refractivity contribution in [3.8, 4) is 0 Å². The van der Waals surface area contributed by atoms with Crippen molar-refractivity contribution in [1.82, 2.24) is 10.2 Å². The fourth-order valence-corrected chi connectivity index (χ4v) is 2.76. The Balaban J connectivity index is 2.45. The third kappa shape index (κ3) is 6.44. The van der Waals surface area contributed by atoms with Crippen molar-refractivity contribution in [3.63, 3.8) is 0 Å². The van der Waals surface area contributed by atoms with Crippen LogP contribution in [0, 0.1) is 0 Å². The SMILES string of the molecule is CCNP(NC(C)C(=O)OCC)OCc1ccccc1. The number of ether oxygens (including phenoxy) is 1. The predicted octanol–water partition coefficient (Wildman–Crippen LogP) is 2.58. The van der Waals surface area contributed by atoms with Gasteiger partial charge in [-0.05, 0) is 26.0 Å². The average Bonchev–Trinajstić information content (AvgIpc) is 2.46. The largest absolute Gasteiger partial charge is 0.465 e. The molecule has 0 amide bonds. The summed E-state index contributed by atoms with van der Waals surface area (Å²) in [7, 11) is -1.07. The summed E-state index contributed by atoms with van der Waals surface area (Å²) in [6.07, 6.45) is 0. The van der Waals surface area contributed by atoms with Crippen molar-refractivity contribution >= 4 is 14.4 Å². The van der Waals surface area contributed by atoms with Crippen LogP contribution in [0.25, 0.3) is 0 Å². The smallest absolute Gasteiger partial charge is 0.323 e. The summed E-state index contributed by atoms with van der Waals surface area (Å²) in [5.41, 5.74) is 1.10. The molecule has 0 aromatic heterocycles. The van der Waals surface area contributed by atoms with E-state index in [1.165, 1.54) is 0 Å². The minimum atomic E-state index is -1.07. The third-order valence-corrected chi connectivity index (χ3v) is 4.07. The van der Waals surface area contributed by atoms with Gasteiger partial charge in [-0.3, -0.25) is 9.88 Å². The fourth-order valence-electron chi connectivity index (χ4n) is 1.48. The highest BCUT2D eigenvalue weighted by molar-refractivity contribution is 7.48. The molecule has 112 valence electrons. The van der Waals surface area contributed by atoms with E-state index >= 15 is 0 Å². The maximum atomic E-state index is 11.6. The molecule has 6 heteroatoms. The molecular formula is C14H23N2O3P. The van der Waals surface area contributed by atoms with Crippen LogP contribution in [0.2, 0.25) is 0 Å². The highest BCUT2D eigenvalue weighted by Gasteiger charge is 2.19. The van der Waals surface area contributed by atoms with Crippen LogP contribution in [0.15, 0.2) is 30.3 Å². The average molecular weight is 298 g/mol. The summed E-state index contributed by atoms with van der Waals surface area (Å²) in [6, 6.07) is 9.54. The molecule has 0 spiro atoms. The van der Waals surface area contributed by atoms with Gasteiger partial charge in [0.05, 0.1) is 13.2 Å². The Morgan fingerprint density at radius 2 is 2.00 bits per heavy atom. The zero-order chi connectivity index (χ0) is 14.8. The van der Waals surface area contributed by atoms with E-state index in [0.29, 0.717) is 13.2 Å². The molecule has 2 N–H and O–H groups in total. The van der Waals surface area contributed by atoms with Crippen LogP contribution < -0.4 is 10.2 Å².